The van der Waals surface area contributed by atoms with Crippen LogP contribution in [0.15, 0.2) is 32.8 Å². The van der Waals surface area contributed by atoms with Gasteiger partial charge in [-0.3, -0.25) is 10.6 Å². The van der Waals surface area contributed by atoms with Gasteiger partial charge in [0.15, 0.2) is 6.23 Å². The van der Waals surface area contributed by atoms with Gasteiger partial charge in [0.05, 0.1) is 6.04 Å². The highest BCUT2D eigenvalue weighted by Gasteiger charge is 2.47. The zero-order valence-corrected chi connectivity index (χ0v) is 18.9. The van der Waals surface area contributed by atoms with E-state index < -0.39 is 24.7 Å². The average molecular weight is 420 g/mol. The molecule has 0 spiro atoms. The molecule has 3 nitrogen and oxygen atoms in total. The summed E-state index contributed by atoms with van der Waals surface area (Å²) in [4.78, 5) is 2.07. The number of ether oxygens (including phenoxy) is 1. The van der Waals surface area contributed by atoms with Gasteiger partial charge < -0.3 is 4.74 Å². The monoisotopic (exact) mass is 419 g/mol. The van der Waals surface area contributed by atoms with Crippen molar-refractivity contribution in [2.75, 3.05) is 0 Å². The Morgan fingerprint density at radius 2 is 2.14 bits per heavy atom. The molecule has 5 rings (SSSR count). The van der Waals surface area contributed by atoms with Gasteiger partial charge in [0.25, 0.3) is 0 Å². The number of thioether (sulfide) groups is 1. The van der Waals surface area contributed by atoms with Crippen molar-refractivity contribution in [3.8, 4) is 0 Å². The van der Waals surface area contributed by atoms with Crippen LogP contribution in [0.25, 0.3) is 0 Å². The van der Waals surface area contributed by atoms with Gasteiger partial charge in [-0.15, -0.1) is 0 Å². The van der Waals surface area contributed by atoms with Crippen molar-refractivity contribution in [1.29, 1.82) is 0 Å². The molecule has 4 aliphatic heterocycles. The van der Waals surface area contributed by atoms with Gasteiger partial charge in [-0.1, -0.05) is 38.6 Å². The first-order valence-electron chi connectivity index (χ1n) is 13.8. The number of piperidine rings is 1. The summed E-state index contributed by atoms with van der Waals surface area (Å²) in [6.07, 6.45) is 6.43. The molecule has 1 aliphatic carbocycles. The maximum absolute atomic E-state index is 8.81. The van der Waals surface area contributed by atoms with Gasteiger partial charge in [-0.25, -0.2) is 0 Å². The second-order valence-electron chi connectivity index (χ2n) is 10.4. The smallest absolute Gasteiger partial charge is 0.153 e. The average Bonchev–Trinajstić information content (AvgIpc) is 3.29. The summed E-state index contributed by atoms with van der Waals surface area (Å²) in [5.74, 6) is 1.84. The Morgan fingerprint density at radius 3 is 2.93 bits per heavy atom. The van der Waals surface area contributed by atoms with Crippen LogP contribution in [0.5, 0.6) is 0 Å². The molecule has 2 N–H and O–H groups in total. The molecular weight excluding hydrogens is 376 g/mol. The van der Waals surface area contributed by atoms with Crippen molar-refractivity contribution in [2.24, 2.45) is 17.3 Å². The maximum atomic E-state index is 8.81. The molecule has 4 heteroatoms. The van der Waals surface area contributed by atoms with Crippen molar-refractivity contribution in [1.82, 2.24) is 10.6 Å². The van der Waals surface area contributed by atoms with E-state index in [9.17, 15) is 0 Å². The third-order valence-corrected chi connectivity index (χ3v) is 8.32. The third kappa shape index (κ3) is 3.74. The zero-order chi connectivity index (χ0) is 24.6. The van der Waals surface area contributed by atoms with Gasteiger partial charge >= 0.3 is 0 Å². The zero-order valence-electron chi connectivity index (χ0n) is 23.1. The minimum Gasteiger partial charge on any atom is -0.479 e. The second-order valence-corrected chi connectivity index (χ2v) is 11.5. The number of hydrogen-bond donors (Lipinski definition) is 2. The molecule has 5 aliphatic rings. The van der Waals surface area contributed by atoms with Gasteiger partial charge in [-0.2, -0.15) is 0 Å². The van der Waals surface area contributed by atoms with Crippen molar-refractivity contribution < 1.29 is 11.6 Å². The van der Waals surface area contributed by atoms with Crippen LogP contribution in [0.1, 0.15) is 86.3 Å². The van der Waals surface area contributed by atoms with Crippen LogP contribution < -0.4 is 10.6 Å². The van der Waals surface area contributed by atoms with Crippen LogP contribution in [-0.4, -0.2) is 24.4 Å². The summed E-state index contributed by atoms with van der Waals surface area (Å²) in [6, 6.07) is -0.247. The van der Waals surface area contributed by atoms with Crippen molar-refractivity contribution in [3.63, 3.8) is 0 Å². The first-order chi connectivity index (χ1) is 15.8. The van der Waals surface area contributed by atoms with E-state index >= 15 is 0 Å². The van der Waals surface area contributed by atoms with Crippen LogP contribution in [0.3, 0.4) is 0 Å². The van der Waals surface area contributed by atoms with Crippen LogP contribution in [0, 0.1) is 17.3 Å². The Kier molecular flexibility index (Phi) is 3.90. The van der Waals surface area contributed by atoms with Crippen LogP contribution in [0.4, 0.5) is 0 Å². The van der Waals surface area contributed by atoms with E-state index in [0.717, 1.165) is 48.3 Å². The first kappa shape index (κ1) is 15.2. The standard InChI is InChI=1S/C25H38N2OS/c1-14-9-10-17-16-7-6-8-18(23(16)28-24(17)26-14)19-11-12-20-22(27-19)15(2)21(29-20)13-25(3,4)5/h12,14,16-17,19,22,24,26-27H,6-11,13H2,1-5H3/t14-,16+,17?,19-,22?,24?/m1/s1/i1D3,13D2. The quantitative estimate of drug-likeness (QED) is 0.588. The molecule has 160 valence electrons. The van der Waals surface area contributed by atoms with Crippen LogP contribution in [0.2, 0.25) is 0 Å². The Labute approximate surface area is 188 Å². The molecule has 4 heterocycles. The summed E-state index contributed by atoms with van der Waals surface area (Å²) in [6.45, 7) is 5.99. The maximum Gasteiger partial charge on any atom is 0.153 e. The molecule has 2 saturated heterocycles. The number of rotatable bonds is 2. The fourth-order valence-electron chi connectivity index (χ4n) is 5.69. The SMILES string of the molecule is [2H]C([2H])([2H])[C@@H]1CCC2C(N1)OC1=C([C@H]3CC=C4SC(C([2H])([2H])C(C)(C)C)=C(C)C4N3)CCC[C@H]12. The topological polar surface area (TPSA) is 33.3 Å². The van der Waals surface area contributed by atoms with Gasteiger partial charge in [-0.05, 0) is 80.1 Å². The fraction of sp³-hybridized carbons (Fsp3) is 0.760. The normalized spacial score (nSPS) is 43.2. The number of allylic oxidation sites excluding steroid dienone is 2. The Hall–Kier alpha value is -0.710. The molecule has 0 amide bonds. The fourth-order valence-corrected chi connectivity index (χ4v) is 7.10. The molecule has 0 bridgehead atoms. The molecule has 0 radical (unpaired) electrons. The molecule has 0 aromatic rings. The van der Waals surface area contributed by atoms with E-state index in [-0.39, 0.29) is 18.3 Å². The number of fused-ring (bicyclic) bond motifs is 4. The lowest BCUT2D eigenvalue weighted by atomic mass is 9.76. The molecule has 0 saturated carbocycles. The largest absolute Gasteiger partial charge is 0.479 e. The van der Waals surface area contributed by atoms with Crippen molar-refractivity contribution in [3.05, 3.63) is 32.8 Å². The summed E-state index contributed by atoms with van der Waals surface area (Å²) in [5, 5.41) is 7.17. The van der Waals surface area contributed by atoms with Gasteiger partial charge in [0, 0.05) is 35.7 Å². The van der Waals surface area contributed by atoms with E-state index in [4.69, 9.17) is 11.6 Å². The van der Waals surface area contributed by atoms with Crippen LogP contribution in [-0.2, 0) is 4.74 Å². The highest BCUT2D eigenvalue weighted by Crippen LogP contribution is 2.51. The van der Waals surface area contributed by atoms with Gasteiger partial charge in [0.2, 0.25) is 0 Å². The first-order valence-corrected chi connectivity index (χ1v) is 12.1. The highest BCUT2D eigenvalue weighted by molar-refractivity contribution is 8.07. The molecular formula is C25H38N2OS. The highest BCUT2D eigenvalue weighted by atomic mass is 32.2. The minimum atomic E-state index is -1.99. The van der Waals surface area contributed by atoms with E-state index in [1.165, 1.54) is 10.5 Å². The third-order valence-electron chi connectivity index (χ3n) is 7.06. The predicted octanol–water partition coefficient (Wildman–Crippen LogP) is 5.86. The van der Waals surface area contributed by atoms with Crippen LogP contribution >= 0.6 is 11.8 Å². The lowest BCUT2D eigenvalue weighted by molar-refractivity contribution is 0.0575. The van der Waals surface area contributed by atoms with E-state index in [1.807, 2.05) is 20.8 Å². The van der Waals surface area contributed by atoms with E-state index in [2.05, 4.69) is 23.6 Å². The van der Waals surface area contributed by atoms with E-state index in [0.29, 0.717) is 18.3 Å². The predicted molar refractivity (Wildman–Crippen MR) is 122 cm³/mol. The Bertz CT molecular complexity index is 948. The minimum absolute atomic E-state index is 0.0615. The summed E-state index contributed by atoms with van der Waals surface area (Å²) < 4.78 is 47.6. The summed E-state index contributed by atoms with van der Waals surface area (Å²) in [5.41, 5.74) is 1.97. The van der Waals surface area contributed by atoms with Crippen molar-refractivity contribution >= 4 is 11.8 Å². The molecule has 3 unspecified atom stereocenters. The summed E-state index contributed by atoms with van der Waals surface area (Å²) >= 11 is 1.62. The number of nitrogens with one attached hydrogen (secondary N) is 2. The molecule has 0 aromatic heterocycles. The second kappa shape index (κ2) is 7.46. The van der Waals surface area contributed by atoms with E-state index in [1.54, 1.807) is 11.8 Å². The Balaban J connectivity index is 1.39. The molecule has 29 heavy (non-hydrogen) atoms. The van der Waals surface area contributed by atoms with Crippen molar-refractivity contribution in [2.45, 2.75) is 104 Å². The molecule has 2 fully saturated rings. The molecule has 6 atom stereocenters. The lowest BCUT2D eigenvalue weighted by Crippen LogP contribution is -2.45. The molecule has 0 aromatic carbocycles. The van der Waals surface area contributed by atoms with Gasteiger partial charge in [0.1, 0.15) is 5.76 Å². The summed E-state index contributed by atoms with van der Waals surface area (Å²) in [7, 11) is 0. The Morgan fingerprint density at radius 1 is 1.28 bits per heavy atom. The lowest BCUT2D eigenvalue weighted by Gasteiger charge is -2.34. The number of hydrogen-bond acceptors (Lipinski definition) is 4.